The molecule has 0 aliphatic heterocycles. The van der Waals surface area contributed by atoms with Gasteiger partial charge in [-0.2, -0.15) is 0 Å². The molecule has 0 aliphatic carbocycles. The van der Waals surface area contributed by atoms with Crippen LogP contribution < -0.4 is 10.1 Å². The van der Waals surface area contributed by atoms with Gasteiger partial charge in [0.1, 0.15) is 5.75 Å². The Bertz CT molecular complexity index is 826. The van der Waals surface area contributed by atoms with Gasteiger partial charge in [-0.25, -0.2) is 18.0 Å². The molecule has 0 radical (unpaired) electrons. The minimum absolute atomic E-state index is 0.461. The van der Waals surface area contributed by atoms with Crippen molar-refractivity contribution in [2.75, 3.05) is 11.9 Å². The largest absolute Gasteiger partial charge is 0.479 e. The molecule has 0 unspecified atom stereocenters. The summed E-state index contributed by atoms with van der Waals surface area (Å²) in [7, 11) is 0. The highest BCUT2D eigenvalue weighted by Crippen LogP contribution is 2.19. The Morgan fingerprint density at radius 3 is 2.54 bits per heavy atom. The van der Waals surface area contributed by atoms with E-state index in [1.54, 1.807) is 18.2 Å². The molecule has 0 spiro atoms. The average Bonchev–Trinajstić information content (AvgIpc) is 2.60. The van der Waals surface area contributed by atoms with Crippen molar-refractivity contribution in [1.29, 1.82) is 0 Å². The second kappa shape index (κ2) is 8.37. The van der Waals surface area contributed by atoms with Crippen molar-refractivity contribution in [3.05, 3.63) is 59.4 Å². The standard InChI is InChI=1S/C18H16F3NO4/c1-10-4-3-5-12(8-10)26-11(2)18(24)25-9-15(23)22-14-7-6-13(19)16(20)17(14)21/h3-8,11H,9H2,1-2H3,(H,22,23)/t11-/m1/s1. The SMILES string of the molecule is Cc1cccc(O[C@H](C)C(=O)OCC(=O)Nc2ccc(F)c(F)c2F)c1. The molecule has 0 saturated heterocycles. The van der Waals surface area contributed by atoms with Crippen LogP contribution in [0, 0.1) is 24.4 Å². The number of amides is 1. The number of ether oxygens (including phenoxy) is 2. The third-order valence-corrected chi connectivity index (χ3v) is 3.29. The molecular formula is C18H16F3NO4. The molecule has 2 aromatic rings. The number of hydrogen-bond donors (Lipinski definition) is 1. The first kappa shape index (κ1) is 19.3. The molecule has 1 N–H and O–H groups in total. The fourth-order valence-corrected chi connectivity index (χ4v) is 2.00. The zero-order valence-corrected chi connectivity index (χ0v) is 14.0. The first-order chi connectivity index (χ1) is 12.3. The predicted molar refractivity (Wildman–Crippen MR) is 87.2 cm³/mol. The summed E-state index contributed by atoms with van der Waals surface area (Å²) in [6.07, 6.45) is -0.982. The monoisotopic (exact) mass is 367 g/mol. The van der Waals surface area contributed by atoms with Gasteiger partial charge < -0.3 is 14.8 Å². The number of carbonyl (C=O) groups is 2. The second-order valence-corrected chi connectivity index (χ2v) is 5.46. The molecule has 2 aromatic carbocycles. The molecule has 1 atom stereocenters. The Morgan fingerprint density at radius 2 is 1.85 bits per heavy atom. The van der Waals surface area contributed by atoms with E-state index in [9.17, 15) is 22.8 Å². The number of esters is 1. The van der Waals surface area contributed by atoms with Gasteiger partial charge in [-0.05, 0) is 43.7 Å². The van der Waals surface area contributed by atoms with Crippen LogP contribution in [0.3, 0.4) is 0 Å². The lowest BCUT2D eigenvalue weighted by molar-refractivity contribution is -0.153. The molecule has 5 nitrogen and oxygen atoms in total. The van der Waals surface area contributed by atoms with Crippen molar-refractivity contribution >= 4 is 17.6 Å². The topological polar surface area (TPSA) is 64.6 Å². The highest BCUT2D eigenvalue weighted by atomic mass is 19.2. The van der Waals surface area contributed by atoms with Crippen LogP contribution in [0.5, 0.6) is 5.75 Å². The lowest BCUT2D eigenvalue weighted by Gasteiger charge is -2.14. The van der Waals surface area contributed by atoms with Crippen LogP contribution >= 0.6 is 0 Å². The van der Waals surface area contributed by atoms with Gasteiger partial charge in [-0.3, -0.25) is 4.79 Å². The lowest BCUT2D eigenvalue weighted by Crippen LogP contribution is -2.30. The van der Waals surface area contributed by atoms with E-state index in [2.05, 4.69) is 0 Å². The smallest absolute Gasteiger partial charge is 0.347 e. The van der Waals surface area contributed by atoms with E-state index in [-0.39, 0.29) is 0 Å². The molecule has 0 bridgehead atoms. The third-order valence-electron chi connectivity index (χ3n) is 3.29. The molecule has 26 heavy (non-hydrogen) atoms. The zero-order valence-electron chi connectivity index (χ0n) is 14.0. The fraction of sp³-hybridized carbons (Fsp3) is 0.222. The summed E-state index contributed by atoms with van der Waals surface area (Å²) in [4.78, 5) is 23.5. The second-order valence-electron chi connectivity index (χ2n) is 5.46. The average molecular weight is 367 g/mol. The molecule has 138 valence electrons. The fourth-order valence-electron chi connectivity index (χ4n) is 2.00. The first-order valence-electron chi connectivity index (χ1n) is 7.61. The maximum Gasteiger partial charge on any atom is 0.347 e. The quantitative estimate of drug-likeness (QED) is 0.628. The van der Waals surface area contributed by atoms with Crippen molar-refractivity contribution < 1.29 is 32.2 Å². The van der Waals surface area contributed by atoms with Crippen LogP contribution in [0.2, 0.25) is 0 Å². The van der Waals surface area contributed by atoms with Crippen LogP contribution in [-0.2, 0) is 14.3 Å². The van der Waals surface area contributed by atoms with E-state index in [0.29, 0.717) is 11.8 Å². The number of halogens is 3. The summed E-state index contributed by atoms with van der Waals surface area (Å²) >= 11 is 0. The number of benzene rings is 2. The number of carbonyl (C=O) groups excluding carboxylic acids is 2. The van der Waals surface area contributed by atoms with Gasteiger partial charge in [0.2, 0.25) is 0 Å². The first-order valence-corrected chi connectivity index (χ1v) is 7.61. The molecule has 2 rings (SSSR count). The molecule has 0 fully saturated rings. The van der Waals surface area contributed by atoms with Crippen LogP contribution in [0.1, 0.15) is 12.5 Å². The maximum atomic E-state index is 13.5. The van der Waals surface area contributed by atoms with E-state index in [0.717, 1.165) is 11.6 Å². The number of aryl methyl sites for hydroxylation is 1. The minimum atomic E-state index is -1.71. The van der Waals surface area contributed by atoms with Gasteiger partial charge in [0.05, 0.1) is 5.69 Å². The zero-order chi connectivity index (χ0) is 19.3. The molecule has 8 heteroatoms. The number of hydrogen-bond acceptors (Lipinski definition) is 4. The van der Waals surface area contributed by atoms with Crippen LogP contribution in [-0.4, -0.2) is 24.6 Å². The molecular weight excluding hydrogens is 351 g/mol. The van der Waals surface area contributed by atoms with Gasteiger partial charge in [-0.1, -0.05) is 12.1 Å². The summed E-state index contributed by atoms with van der Waals surface area (Å²) in [6.45, 7) is 2.56. The van der Waals surface area contributed by atoms with Gasteiger partial charge in [0, 0.05) is 0 Å². The van der Waals surface area contributed by atoms with Crippen molar-refractivity contribution in [2.45, 2.75) is 20.0 Å². The van der Waals surface area contributed by atoms with E-state index in [4.69, 9.17) is 9.47 Å². The summed E-state index contributed by atoms with van der Waals surface area (Å²) in [5.74, 6) is -5.89. The van der Waals surface area contributed by atoms with E-state index in [1.165, 1.54) is 6.92 Å². The van der Waals surface area contributed by atoms with Crippen molar-refractivity contribution in [1.82, 2.24) is 0 Å². The van der Waals surface area contributed by atoms with E-state index >= 15 is 0 Å². The predicted octanol–water partition coefficient (Wildman–Crippen LogP) is 3.36. The maximum absolute atomic E-state index is 13.5. The van der Waals surface area contributed by atoms with Crippen molar-refractivity contribution in [3.63, 3.8) is 0 Å². The normalized spacial score (nSPS) is 11.6. The van der Waals surface area contributed by atoms with Gasteiger partial charge in [0.25, 0.3) is 5.91 Å². The lowest BCUT2D eigenvalue weighted by atomic mass is 10.2. The summed E-state index contributed by atoms with van der Waals surface area (Å²) in [6, 6.07) is 8.52. The van der Waals surface area contributed by atoms with Crippen molar-refractivity contribution in [3.8, 4) is 5.75 Å². The van der Waals surface area contributed by atoms with Crippen LogP contribution in [0.4, 0.5) is 18.9 Å². The summed E-state index contributed by atoms with van der Waals surface area (Å²) in [5.41, 5.74) is 0.380. The molecule has 0 saturated carbocycles. The summed E-state index contributed by atoms with van der Waals surface area (Å²) in [5, 5.41) is 1.99. The number of nitrogens with one attached hydrogen (secondary N) is 1. The Kier molecular flexibility index (Phi) is 6.21. The van der Waals surface area contributed by atoms with Gasteiger partial charge in [0.15, 0.2) is 30.2 Å². The number of anilines is 1. The highest BCUT2D eigenvalue weighted by molar-refractivity contribution is 5.93. The Morgan fingerprint density at radius 1 is 1.12 bits per heavy atom. The summed E-state index contributed by atoms with van der Waals surface area (Å²) < 4.78 is 49.6. The van der Waals surface area contributed by atoms with Gasteiger partial charge in [-0.15, -0.1) is 0 Å². The van der Waals surface area contributed by atoms with Crippen molar-refractivity contribution in [2.24, 2.45) is 0 Å². The van der Waals surface area contributed by atoms with Crippen LogP contribution in [0.15, 0.2) is 36.4 Å². The Labute approximate surface area is 147 Å². The molecule has 0 heterocycles. The highest BCUT2D eigenvalue weighted by Gasteiger charge is 2.19. The molecule has 0 aliphatic rings. The van der Waals surface area contributed by atoms with Gasteiger partial charge >= 0.3 is 5.97 Å². The van der Waals surface area contributed by atoms with E-state index < -0.39 is 47.7 Å². The van der Waals surface area contributed by atoms with Crippen LogP contribution in [0.25, 0.3) is 0 Å². The minimum Gasteiger partial charge on any atom is -0.479 e. The number of rotatable bonds is 6. The Hall–Kier alpha value is -3.03. The molecule has 1 amide bonds. The van der Waals surface area contributed by atoms with E-state index in [1.807, 2.05) is 18.3 Å². The Balaban J connectivity index is 1.86. The third kappa shape index (κ3) is 4.98. The molecule has 0 aromatic heterocycles.